The van der Waals surface area contributed by atoms with Crippen LogP contribution in [0.5, 0.6) is 0 Å². The number of nitro groups is 1. The average Bonchev–Trinajstić information content (AvgIpc) is 2.94. The van der Waals surface area contributed by atoms with E-state index in [1.807, 2.05) is 6.92 Å². The van der Waals surface area contributed by atoms with Gasteiger partial charge in [-0.25, -0.2) is 22.9 Å². The summed E-state index contributed by atoms with van der Waals surface area (Å²) in [4.78, 5) is 30.5. The molecule has 0 radical (unpaired) electrons. The molecule has 0 aliphatic carbocycles. The molecule has 0 unspecified atom stereocenters. The van der Waals surface area contributed by atoms with E-state index < -0.39 is 21.0 Å². The number of nitrogens with one attached hydrogen (secondary N) is 1. The maximum absolute atomic E-state index is 12.5. The fourth-order valence-corrected chi connectivity index (χ4v) is 4.03. The van der Waals surface area contributed by atoms with Crippen molar-refractivity contribution in [2.45, 2.75) is 18.2 Å². The predicted molar refractivity (Wildman–Crippen MR) is 106 cm³/mol. The summed E-state index contributed by atoms with van der Waals surface area (Å²) in [6.45, 7) is 3.14. The Kier molecular flexibility index (Phi) is 5.97. The van der Waals surface area contributed by atoms with Crippen molar-refractivity contribution >= 4 is 27.6 Å². The molecule has 1 fully saturated rings. The molecule has 2 aromatic rings. The molecule has 29 heavy (non-hydrogen) atoms. The Morgan fingerprint density at radius 3 is 2.55 bits per heavy atom. The van der Waals surface area contributed by atoms with Crippen molar-refractivity contribution in [3.63, 3.8) is 0 Å². The van der Waals surface area contributed by atoms with Crippen molar-refractivity contribution in [3.8, 4) is 0 Å². The fourth-order valence-electron chi connectivity index (χ4n) is 3.06. The topological polar surface area (TPSA) is 126 Å². The molecule has 2 amide bonds. The summed E-state index contributed by atoms with van der Waals surface area (Å²) in [5, 5.41) is 11.2. The highest BCUT2D eigenvalue weighted by atomic mass is 32.2. The van der Waals surface area contributed by atoms with Crippen molar-refractivity contribution in [3.05, 3.63) is 58.3 Å². The number of anilines is 1. The summed E-state index contributed by atoms with van der Waals surface area (Å²) in [6, 6.07) is 8.35. The summed E-state index contributed by atoms with van der Waals surface area (Å²) in [7, 11) is -3.98. The third-order valence-corrected chi connectivity index (χ3v) is 5.93. The number of carbonyl (C=O) groups excluding carboxylic acids is 1. The zero-order chi connectivity index (χ0) is 21.0. The van der Waals surface area contributed by atoms with Gasteiger partial charge in [-0.05, 0) is 31.5 Å². The number of benzene rings is 1. The molecule has 0 saturated carbocycles. The zero-order valence-electron chi connectivity index (χ0n) is 15.8. The van der Waals surface area contributed by atoms with Gasteiger partial charge in [-0.3, -0.25) is 10.1 Å². The maximum Gasteiger partial charge on any atom is 0.331 e. The van der Waals surface area contributed by atoms with Crippen LogP contribution in [0.2, 0.25) is 0 Å². The van der Waals surface area contributed by atoms with Crippen LogP contribution in [0.15, 0.2) is 47.5 Å². The molecule has 1 saturated heterocycles. The number of pyridine rings is 1. The summed E-state index contributed by atoms with van der Waals surface area (Å²) < 4.78 is 27.0. The SMILES string of the molecule is Cc1ccc(S(=O)(=O)NC(=O)N2CCCN(c3ncccc3[N+](=O)[O-])CC2)cc1. The Morgan fingerprint density at radius 2 is 1.86 bits per heavy atom. The van der Waals surface area contributed by atoms with E-state index in [4.69, 9.17) is 0 Å². The van der Waals surface area contributed by atoms with Gasteiger partial charge in [-0.1, -0.05) is 17.7 Å². The van der Waals surface area contributed by atoms with Crippen LogP contribution >= 0.6 is 0 Å². The molecule has 154 valence electrons. The molecule has 0 spiro atoms. The van der Waals surface area contributed by atoms with Crippen LogP contribution in [-0.2, 0) is 10.0 Å². The zero-order valence-corrected chi connectivity index (χ0v) is 16.6. The van der Waals surface area contributed by atoms with Crippen LogP contribution < -0.4 is 9.62 Å². The van der Waals surface area contributed by atoms with Gasteiger partial charge in [0, 0.05) is 38.4 Å². The van der Waals surface area contributed by atoms with Gasteiger partial charge in [0.05, 0.1) is 9.82 Å². The summed E-state index contributed by atoms with van der Waals surface area (Å²) >= 11 is 0. The van der Waals surface area contributed by atoms with Gasteiger partial charge in [0.1, 0.15) is 0 Å². The molecule has 1 aliphatic heterocycles. The number of nitrogens with zero attached hydrogens (tertiary/aromatic N) is 4. The lowest BCUT2D eigenvalue weighted by Gasteiger charge is -2.22. The number of carbonyl (C=O) groups is 1. The Hall–Kier alpha value is -3.21. The summed E-state index contributed by atoms with van der Waals surface area (Å²) in [6.07, 6.45) is 2.00. The van der Waals surface area contributed by atoms with E-state index in [0.717, 1.165) is 5.56 Å². The number of aryl methyl sites for hydroxylation is 1. The lowest BCUT2D eigenvalue weighted by atomic mass is 10.2. The number of sulfonamides is 1. The Balaban J connectivity index is 1.69. The highest BCUT2D eigenvalue weighted by molar-refractivity contribution is 7.90. The minimum absolute atomic E-state index is 0.0111. The molecule has 1 aromatic carbocycles. The van der Waals surface area contributed by atoms with E-state index in [1.54, 1.807) is 17.0 Å². The molecular formula is C18H21N5O5S. The van der Waals surface area contributed by atoms with Crippen LogP contribution in [0.25, 0.3) is 0 Å². The molecule has 11 heteroatoms. The number of aromatic nitrogens is 1. The lowest BCUT2D eigenvalue weighted by Crippen LogP contribution is -2.44. The predicted octanol–water partition coefficient (Wildman–Crippen LogP) is 1.91. The Bertz CT molecular complexity index is 1010. The Labute approximate surface area is 168 Å². The van der Waals surface area contributed by atoms with Gasteiger partial charge in [0.2, 0.25) is 5.82 Å². The average molecular weight is 419 g/mol. The van der Waals surface area contributed by atoms with Crippen molar-refractivity contribution < 1.29 is 18.1 Å². The van der Waals surface area contributed by atoms with Crippen LogP contribution in [0.4, 0.5) is 16.3 Å². The van der Waals surface area contributed by atoms with E-state index in [-0.39, 0.29) is 22.9 Å². The minimum atomic E-state index is -3.98. The monoisotopic (exact) mass is 419 g/mol. The lowest BCUT2D eigenvalue weighted by molar-refractivity contribution is -0.384. The fraction of sp³-hybridized carbons (Fsp3) is 0.333. The van der Waals surface area contributed by atoms with Gasteiger partial charge in [0.15, 0.2) is 0 Å². The number of hydrogen-bond donors (Lipinski definition) is 1. The first-order chi connectivity index (χ1) is 13.8. The van der Waals surface area contributed by atoms with Gasteiger partial charge in [-0.2, -0.15) is 0 Å². The van der Waals surface area contributed by atoms with Crippen molar-refractivity contribution in [2.24, 2.45) is 0 Å². The van der Waals surface area contributed by atoms with Crippen LogP contribution in [0, 0.1) is 17.0 Å². The van der Waals surface area contributed by atoms with Crippen molar-refractivity contribution in [2.75, 3.05) is 31.1 Å². The van der Waals surface area contributed by atoms with Crippen molar-refractivity contribution in [1.29, 1.82) is 0 Å². The second-order valence-electron chi connectivity index (χ2n) is 6.65. The van der Waals surface area contributed by atoms with Gasteiger partial charge in [-0.15, -0.1) is 0 Å². The van der Waals surface area contributed by atoms with Crippen LogP contribution in [0.3, 0.4) is 0 Å². The number of rotatable bonds is 4. The largest absolute Gasteiger partial charge is 0.349 e. The van der Waals surface area contributed by atoms with Gasteiger partial charge < -0.3 is 9.80 Å². The van der Waals surface area contributed by atoms with Crippen LogP contribution in [0.1, 0.15) is 12.0 Å². The second-order valence-corrected chi connectivity index (χ2v) is 8.34. The normalized spacial score (nSPS) is 14.9. The third kappa shape index (κ3) is 4.80. The first-order valence-corrected chi connectivity index (χ1v) is 10.5. The van der Waals surface area contributed by atoms with E-state index in [2.05, 4.69) is 9.71 Å². The third-order valence-electron chi connectivity index (χ3n) is 4.60. The molecule has 0 bridgehead atoms. The molecular weight excluding hydrogens is 398 g/mol. The highest BCUT2D eigenvalue weighted by Gasteiger charge is 2.27. The first kappa shape index (κ1) is 20.5. The quantitative estimate of drug-likeness (QED) is 0.592. The van der Waals surface area contributed by atoms with E-state index >= 15 is 0 Å². The highest BCUT2D eigenvalue weighted by Crippen LogP contribution is 2.25. The summed E-state index contributed by atoms with van der Waals surface area (Å²) in [5.74, 6) is 0.243. The maximum atomic E-state index is 12.5. The van der Waals surface area contributed by atoms with Gasteiger partial charge in [0.25, 0.3) is 10.0 Å². The molecule has 2 heterocycles. The first-order valence-electron chi connectivity index (χ1n) is 9.01. The summed E-state index contributed by atoms with van der Waals surface area (Å²) in [5.41, 5.74) is 0.804. The second kappa shape index (κ2) is 8.43. The molecule has 0 atom stereocenters. The van der Waals surface area contributed by atoms with Crippen LogP contribution in [-0.4, -0.2) is 55.4 Å². The smallest absolute Gasteiger partial charge is 0.331 e. The van der Waals surface area contributed by atoms with E-state index in [9.17, 15) is 23.3 Å². The minimum Gasteiger partial charge on any atom is -0.349 e. The standard InChI is InChI=1S/C18H21N5O5S/c1-14-5-7-15(8-6-14)29(27,28)20-18(24)22-11-3-10-21(12-13-22)17-16(23(25)26)4-2-9-19-17/h2,4-9H,3,10-13H2,1H3,(H,20,24). The number of amides is 2. The van der Waals surface area contributed by atoms with Crippen molar-refractivity contribution in [1.82, 2.24) is 14.6 Å². The molecule has 1 aliphatic rings. The molecule has 10 nitrogen and oxygen atoms in total. The van der Waals surface area contributed by atoms with E-state index in [1.165, 1.54) is 35.4 Å². The molecule has 1 N–H and O–H groups in total. The number of hydrogen-bond acceptors (Lipinski definition) is 7. The number of urea groups is 1. The Morgan fingerprint density at radius 1 is 1.14 bits per heavy atom. The molecule has 1 aromatic heterocycles. The van der Waals surface area contributed by atoms with E-state index in [0.29, 0.717) is 26.1 Å². The molecule has 3 rings (SSSR count). The van der Waals surface area contributed by atoms with Gasteiger partial charge >= 0.3 is 11.7 Å².